The third-order valence-corrected chi connectivity index (χ3v) is 5.63. The van der Waals surface area contributed by atoms with Crippen LogP contribution in [0.2, 0.25) is 0 Å². The highest BCUT2D eigenvalue weighted by molar-refractivity contribution is 5.87. The molecule has 0 spiro atoms. The van der Waals surface area contributed by atoms with E-state index in [4.69, 9.17) is 9.26 Å². The molecule has 1 aromatic heterocycles. The Morgan fingerprint density at radius 2 is 1.91 bits per heavy atom. The summed E-state index contributed by atoms with van der Waals surface area (Å²) in [5.41, 5.74) is 4.50. The Morgan fingerprint density at radius 1 is 1.19 bits per heavy atom. The van der Waals surface area contributed by atoms with Crippen molar-refractivity contribution in [3.63, 3.8) is 0 Å². The second-order valence-corrected chi connectivity index (χ2v) is 7.53. The third kappa shape index (κ3) is 4.01. The van der Waals surface area contributed by atoms with Crippen molar-refractivity contribution in [2.24, 2.45) is 0 Å². The lowest BCUT2D eigenvalue weighted by atomic mass is 9.94. The van der Waals surface area contributed by atoms with E-state index in [1.807, 2.05) is 43.3 Å². The summed E-state index contributed by atoms with van der Waals surface area (Å²) in [4.78, 5) is 19.1. The van der Waals surface area contributed by atoms with Gasteiger partial charge >= 0.3 is 6.03 Å². The van der Waals surface area contributed by atoms with E-state index in [-0.39, 0.29) is 6.03 Å². The average molecular weight is 431 g/mol. The Kier molecular flexibility index (Phi) is 6.07. The van der Waals surface area contributed by atoms with E-state index < -0.39 is 6.04 Å². The van der Waals surface area contributed by atoms with E-state index in [2.05, 4.69) is 41.1 Å². The lowest BCUT2D eigenvalue weighted by molar-refractivity contribution is 0.209. The minimum atomic E-state index is -0.440. The highest BCUT2D eigenvalue weighted by atomic mass is 16.5. The lowest BCUT2D eigenvalue weighted by Gasteiger charge is -2.34. The van der Waals surface area contributed by atoms with Crippen LogP contribution in [0.3, 0.4) is 0 Å². The molecule has 1 aliphatic rings. The fraction of sp³-hybridized carbons (Fsp3) is 0.240. The van der Waals surface area contributed by atoms with E-state index in [1.54, 1.807) is 18.1 Å². The molecule has 1 aliphatic heterocycles. The van der Waals surface area contributed by atoms with Gasteiger partial charge < -0.3 is 14.6 Å². The number of benzene rings is 2. The molecule has 2 heterocycles. The van der Waals surface area contributed by atoms with Gasteiger partial charge in [0.05, 0.1) is 18.7 Å². The lowest BCUT2D eigenvalue weighted by Crippen LogP contribution is -2.46. The normalized spacial score (nSPS) is 16.2. The number of rotatable bonds is 7. The van der Waals surface area contributed by atoms with Crippen LogP contribution >= 0.6 is 0 Å². The predicted octanol–water partition coefficient (Wildman–Crippen LogP) is 4.99. The summed E-state index contributed by atoms with van der Waals surface area (Å²) in [5.74, 6) is 1.61. The Hall–Kier alpha value is -3.87. The molecule has 0 aliphatic carbocycles. The van der Waals surface area contributed by atoms with Crippen molar-refractivity contribution in [2.75, 3.05) is 13.7 Å². The van der Waals surface area contributed by atoms with Crippen LogP contribution < -0.4 is 10.1 Å². The van der Waals surface area contributed by atoms with Gasteiger partial charge in [-0.25, -0.2) is 4.79 Å². The van der Waals surface area contributed by atoms with Crippen LogP contribution in [0.4, 0.5) is 4.79 Å². The van der Waals surface area contributed by atoms with Crippen molar-refractivity contribution in [1.29, 1.82) is 0 Å². The maximum atomic E-state index is 12.8. The van der Waals surface area contributed by atoms with Gasteiger partial charge in [-0.05, 0) is 36.6 Å². The summed E-state index contributed by atoms with van der Waals surface area (Å²) >= 11 is 0. The summed E-state index contributed by atoms with van der Waals surface area (Å²) in [6.07, 6.45) is 2.65. The fourth-order valence-electron chi connectivity index (χ4n) is 3.79. The molecule has 0 saturated carbocycles. The maximum absolute atomic E-state index is 12.8. The highest BCUT2D eigenvalue weighted by Crippen LogP contribution is 2.37. The van der Waals surface area contributed by atoms with Crippen molar-refractivity contribution in [2.45, 2.75) is 26.3 Å². The molecule has 1 N–H and O–H groups in total. The third-order valence-electron chi connectivity index (χ3n) is 5.63. The molecule has 32 heavy (non-hydrogen) atoms. The standard InChI is InChI=1S/C25H26N4O3/c1-5-15-29-16(3)21(22(26-25(29)30)18-11-13-20(31-4)14-12-18)24-27-23(28-32-24)19-9-7-17(6-2)8-10-19/h5,7-14,22H,1,6,15H2,2-4H3,(H,26,30). The van der Waals surface area contributed by atoms with Crippen molar-refractivity contribution in [3.05, 3.63) is 83.9 Å². The summed E-state index contributed by atoms with van der Waals surface area (Å²) in [6.45, 7) is 8.13. The number of nitrogens with one attached hydrogen (secondary N) is 1. The largest absolute Gasteiger partial charge is 0.497 e. The number of ether oxygens (including phenoxy) is 1. The first-order chi connectivity index (χ1) is 15.5. The average Bonchev–Trinajstić information content (AvgIpc) is 3.31. The zero-order valence-electron chi connectivity index (χ0n) is 18.5. The number of hydrogen-bond donors (Lipinski definition) is 1. The van der Waals surface area contributed by atoms with Crippen molar-refractivity contribution in [3.8, 4) is 17.1 Å². The maximum Gasteiger partial charge on any atom is 0.322 e. The summed E-state index contributed by atoms with van der Waals surface area (Å²) < 4.78 is 11.0. The monoisotopic (exact) mass is 430 g/mol. The van der Waals surface area contributed by atoms with E-state index in [0.29, 0.717) is 18.3 Å². The Labute approximate surface area is 187 Å². The van der Waals surface area contributed by atoms with Gasteiger partial charge in [0.2, 0.25) is 5.82 Å². The summed E-state index contributed by atoms with van der Waals surface area (Å²) in [5, 5.41) is 7.27. The number of methoxy groups -OCH3 is 1. The molecule has 0 saturated heterocycles. The number of carbonyl (C=O) groups excluding carboxylic acids is 1. The summed E-state index contributed by atoms with van der Waals surface area (Å²) in [7, 11) is 1.62. The number of carbonyl (C=O) groups is 1. The highest BCUT2D eigenvalue weighted by Gasteiger charge is 2.35. The van der Waals surface area contributed by atoms with Crippen LogP contribution in [0.1, 0.15) is 36.9 Å². The van der Waals surface area contributed by atoms with Crippen LogP contribution in [0.15, 0.2) is 71.4 Å². The molecule has 0 fully saturated rings. The number of aryl methyl sites for hydroxylation is 1. The van der Waals surface area contributed by atoms with E-state index in [1.165, 1.54) is 5.56 Å². The molecule has 2 amide bonds. The molecule has 2 aromatic carbocycles. The molecule has 4 rings (SSSR count). The number of nitrogens with zero attached hydrogens (tertiary/aromatic N) is 3. The van der Waals surface area contributed by atoms with Gasteiger partial charge in [-0.3, -0.25) is 4.90 Å². The minimum absolute atomic E-state index is 0.207. The van der Waals surface area contributed by atoms with Crippen molar-refractivity contribution >= 4 is 11.6 Å². The quantitative estimate of drug-likeness (QED) is 0.534. The van der Waals surface area contributed by atoms with Gasteiger partial charge in [0.25, 0.3) is 5.89 Å². The second kappa shape index (κ2) is 9.09. The predicted molar refractivity (Wildman–Crippen MR) is 123 cm³/mol. The molecule has 1 atom stereocenters. The minimum Gasteiger partial charge on any atom is -0.497 e. The molecule has 7 heteroatoms. The first-order valence-electron chi connectivity index (χ1n) is 10.5. The van der Waals surface area contributed by atoms with Crippen LogP contribution in [0.5, 0.6) is 5.75 Å². The van der Waals surface area contributed by atoms with Gasteiger partial charge in [0.1, 0.15) is 5.75 Å². The Bertz CT molecular complexity index is 1150. The molecule has 164 valence electrons. The number of allylic oxidation sites excluding steroid dienone is 1. The van der Waals surface area contributed by atoms with Gasteiger partial charge in [-0.2, -0.15) is 4.98 Å². The molecule has 0 radical (unpaired) electrons. The Balaban J connectivity index is 1.77. The van der Waals surface area contributed by atoms with Crippen molar-refractivity contribution < 1.29 is 14.1 Å². The number of aromatic nitrogens is 2. The smallest absolute Gasteiger partial charge is 0.322 e. The van der Waals surface area contributed by atoms with Crippen LogP contribution in [-0.4, -0.2) is 34.7 Å². The van der Waals surface area contributed by atoms with Gasteiger partial charge in [0, 0.05) is 17.8 Å². The fourth-order valence-corrected chi connectivity index (χ4v) is 3.79. The molecule has 1 unspecified atom stereocenters. The molecule has 3 aromatic rings. The molecular weight excluding hydrogens is 404 g/mol. The zero-order valence-corrected chi connectivity index (χ0v) is 18.5. The second-order valence-electron chi connectivity index (χ2n) is 7.53. The first-order valence-corrected chi connectivity index (χ1v) is 10.5. The van der Waals surface area contributed by atoms with E-state index in [9.17, 15) is 4.79 Å². The Morgan fingerprint density at radius 3 is 2.53 bits per heavy atom. The summed E-state index contributed by atoms with van der Waals surface area (Å²) in [6, 6.07) is 15.0. The van der Waals surface area contributed by atoms with E-state index >= 15 is 0 Å². The topological polar surface area (TPSA) is 80.5 Å². The van der Waals surface area contributed by atoms with Gasteiger partial charge in [0.15, 0.2) is 0 Å². The number of urea groups is 1. The van der Waals surface area contributed by atoms with E-state index in [0.717, 1.165) is 34.6 Å². The molecule has 7 nitrogen and oxygen atoms in total. The SMILES string of the molecule is C=CCN1C(=O)NC(c2ccc(OC)cc2)C(c2nc(-c3ccc(CC)cc3)no2)=C1C. The zero-order chi connectivity index (χ0) is 22.7. The van der Waals surface area contributed by atoms with Gasteiger partial charge in [-0.15, -0.1) is 6.58 Å². The van der Waals surface area contributed by atoms with Gasteiger partial charge in [-0.1, -0.05) is 54.6 Å². The van der Waals surface area contributed by atoms with Crippen LogP contribution in [0, 0.1) is 0 Å². The van der Waals surface area contributed by atoms with Crippen LogP contribution in [-0.2, 0) is 6.42 Å². The number of hydrogen-bond acceptors (Lipinski definition) is 5. The molecular formula is C25H26N4O3. The van der Waals surface area contributed by atoms with Crippen LogP contribution in [0.25, 0.3) is 17.0 Å². The number of amides is 2. The first kappa shape index (κ1) is 21.4. The van der Waals surface area contributed by atoms with Crippen molar-refractivity contribution in [1.82, 2.24) is 20.4 Å². The molecule has 0 bridgehead atoms.